The Bertz CT molecular complexity index is 2090. The second-order valence-electron chi connectivity index (χ2n) is 15.6. The number of allylic oxidation sites excluding steroid dienone is 3. The number of nitrogens with one attached hydrogen (secondary N) is 3. The highest BCUT2D eigenvalue weighted by molar-refractivity contribution is 5.95. The molecule has 4 aliphatic heterocycles. The standard InChI is InChI=1S/C44H49N7O5/c52-38-10-2-1-7-32(38)37(27-47-43(53)39-11-5-23-55-39)50-21-3-8-35(50)41-45-25-33(48-41)30-17-13-28(14-18-30)29-15-19-31(20-16-29)34-26-46-42(49-34)36-9-4-22-51(36)44(54)40-12-6-24-56-40/h1-2,7,10,13-20,25-26,32,35-37,39-40H,3-6,8-9,11-12,21-24,27H2,(H,45,48)(H,46,49)(H,47,53)/t32-,35+,36+,37?,39-,40+/m1/s1. The first-order chi connectivity index (χ1) is 27.5. The number of benzene rings is 2. The summed E-state index contributed by atoms with van der Waals surface area (Å²) in [6, 6.07) is 16.7. The van der Waals surface area contributed by atoms with Crippen molar-refractivity contribution in [2.45, 2.75) is 81.7 Å². The Kier molecular flexibility index (Phi) is 10.5. The first kappa shape index (κ1) is 36.5. The van der Waals surface area contributed by atoms with Gasteiger partial charge in [0.1, 0.15) is 23.9 Å². The summed E-state index contributed by atoms with van der Waals surface area (Å²) in [6.07, 6.45) is 17.4. The molecule has 0 bridgehead atoms. The summed E-state index contributed by atoms with van der Waals surface area (Å²) in [6.45, 7) is 3.19. The minimum Gasteiger partial charge on any atom is -0.368 e. The van der Waals surface area contributed by atoms with Crippen molar-refractivity contribution >= 4 is 17.6 Å². The molecule has 290 valence electrons. The van der Waals surface area contributed by atoms with E-state index in [0.29, 0.717) is 19.8 Å². The van der Waals surface area contributed by atoms with Crippen LogP contribution in [0.1, 0.15) is 75.1 Å². The maximum absolute atomic E-state index is 13.1. The SMILES string of the molecule is O=C(NCC([C@H]1C=CC=CC1=O)N1CCC[C@H]1c1ncc(-c2ccc(-c3ccc(-c4cnc([C@@H]5CCCN5C(=O)[C@@H]5CCCO5)[nH]4)cc3)cc2)[nH]1)[C@H]1CCCO1. The minimum atomic E-state index is -0.415. The van der Waals surface area contributed by atoms with Crippen LogP contribution in [-0.4, -0.2) is 98.4 Å². The van der Waals surface area contributed by atoms with E-state index in [9.17, 15) is 14.4 Å². The number of carbonyl (C=O) groups excluding carboxylic acids is 3. The Morgan fingerprint density at radius 2 is 1.32 bits per heavy atom. The molecule has 2 aromatic carbocycles. The van der Waals surface area contributed by atoms with Crippen LogP contribution in [0.3, 0.4) is 0 Å². The predicted molar refractivity (Wildman–Crippen MR) is 211 cm³/mol. The number of rotatable bonds is 11. The van der Waals surface area contributed by atoms with E-state index in [0.717, 1.165) is 110 Å². The fraction of sp³-hybridized carbons (Fsp3) is 0.432. The molecule has 12 nitrogen and oxygen atoms in total. The normalized spacial score (nSPS) is 25.7. The number of H-pyrrole nitrogens is 2. The van der Waals surface area contributed by atoms with Crippen molar-refractivity contribution in [2.75, 3.05) is 32.8 Å². The van der Waals surface area contributed by atoms with Crippen LogP contribution in [0.15, 0.2) is 85.2 Å². The van der Waals surface area contributed by atoms with E-state index in [1.54, 1.807) is 12.2 Å². The Hall–Kier alpha value is -5.17. The molecule has 12 heteroatoms. The van der Waals surface area contributed by atoms with Crippen molar-refractivity contribution in [3.8, 4) is 33.6 Å². The summed E-state index contributed by atoms with van der Waals surface area (Å²) in [7, 11) is 0. The molecular formula is C44H49N7O5. The molecule has 6 atom stereocenters. The van der Waals surface area contributed by atoms with Gasteiger partial charge in [0, 0.05) is 32.3 Å². The van der Waals surface area contributed by atoms with E-state index in [1.165, 1.54) is 0 Å². The van der Waals surface area contributed by atoms with Gasteiger partial charge in [-0.3, -0.25) is 19.3 Å². The monoisotopic (exact) mass is 755 g/mol. The van der Waals surface area contributed by atoms with Gasteiger partial charge in [-0.25, -0.2) is 9.97 Å². The summed E-state index contributed by atoms with van der Waals surface area (Å²) in [5.74, 6) is 1.39. The van der Waals surface area contributed by atoms with Gasteiger partial charge in [0.25, 0.3) is 5.91 Å². The number of amides is 2. The second kappa shape index (κ2) is 16.1. The molecule has 9 rings (SSSR count). The van der Waals surface area contributed by atoms with Crippen LogP contribution in [0.4, 0.5) is 0 Å². The molecule has 4 saturated heterocycles. The van der Waals surface area contributed by atoms with E-state index < -0.39 is 6.10 Å². The zero-order valence-electron chi connectivity index (χ0n) is 31.6. The van der Waals surface area contributed by atoms with E-state index >= 15 is 0 Å². The van der Waals surface area contributed by atoms with Crippen molar-refractivity contribution < 1.29 is 23.9 Å². The lowest BCUT2D eigenvalue weighted by molar-refractivity contribution is -0.142. The number of ketones is 1. The Morgan fingerprint density at radius 3 is 1.95 bits per heavy atom. The number of hydrogen-bond acceptors (Lipinski definition) is 8. The largest absolute Gasteiger partial charge is 0.368 e. The van der Waals surface area contributed by atoms with Gasteiger partial charge in [0.15, 0.2) is 5.78 Å². The number of hydrogen-bond donors (Lipinski definition) is 3. The van der Waals surface area contributed by atoms with Crippen molar-refractivity contribution in [1.82, 2.24) is 35.1 Å². The van der Waals surface area contributed by atoms with Crippen molar-refractivity contribution in [3.63, 3.8) is 0 Å². The highest BCUT2D eigenvalue weighted by Gasteiger charge is 2.40. The van der Waals surface area contributed by atoms with E-state index in [4.69, 9.17) is 19.4 Å². The molecule has 3 N–H and O–H groups in total. The van der Waals surface area contributed by atoms with E-state index in [1.807, 2.05) is 29.4 Å². The van der Waals surface area contributed by atoms with E-state index in [2.05, 4.69) is 68.7 Å². The molecule has 1 unspecified atom stereocenters. The third-order valence-corrected chi connectivity index (χ3v) is 12.1. The number of carbonyl (C=O) groups is 3. The minimum absolute atomic E-state index is 0.00431. The first-order valence-electron chi connectivity index (χ1n) is 20.3. The van der Waals surface area contributed by atoms with Crippen LogP contribution in [0.25, 0.3) is 33.6 Å². The molecule has 0 radical (unpaired) electrons. The number of aromatic amines is 2. The second-order valence-corrected chi connectivity index (χ2v) is 15.6. The lowest BCUT2D eigenvalue weighted by Gasteiger charge is -2.36. The third-order valence-electron chi connectivity index (χ3n) is 12.1. The van der Waals surface area contributed by atoms with Crippen LogP contribution in [-0.2, 0) is 23.9 Å². The van der Waals surface area contributed by atoms with Crippen LogP contribution < -0.4 is 5.32 Å². The molecule has 6 heterocycles. The summed E-state index contributed by atoms with van der Waals surface area (Å²) in [5, 5.41) is 3.11. The molecule has 56 heavy (non-hydrogen) atoms. The molecule has 4 aromatic rings. The van der Waals surface area contributed by atoms with Crippen molar-refractivity contribution in [1.29, 1.82) is 0 Å². The number of imidazole rings is 2. The van der Waals surface area contributed by atoms with Crippen molar-refractivity contribution in [2.24, 2.45) is 5.92 Å². The predicted octanol–water partition coefficient (Wildman–Crippen LogP) is 6.09. The fourth-order valence-corrected chi connectivity index (χ4v) is 9.15. The van der Waals surface area contributed by atoms with Gasteiger partial charge in [-0.1, -0.05) is 66.8 Å². The molecule has 0 spiro atoms. The highest BCUT2D eigenvalue weighted by Crippen LogP contribution is 2.37. The zero-order chi connectivity index (χ0) is 38.0. The summed E-state index contributed by atoms with van der Waals surface area (Å²) in [5.41, 5.74) is 6.15. The number of nitrogens with zero attached hydrogens (tertiary/aromatic N) is 4. The molecule has 2 amide bonds. The average molecular weight is 756 g/mol. The molecule has 2 aromatic heterocycles. The average Bonchev–Trinajstić information content (AvgIpc) is 4.09. The zero-order valence-corrected chi connectivity index (χ0v) is 31.6. The maximum Gasteiger partial charge on any atom is 0.252 e. The number of ether oxygens (including phenoxy) is 2. The quantitative estimate of drug-likeness (QED) is 0.167. The third kappa shape index (κ3) is 7.40. The molecule has 1 aliphatic carbocycles. The molecule has 0 saturated carbocycles. The van der Waals surface area contributed by atoms with Gasteiger partial charge in [0.05, 0.1) is 41.8 Å². The Balaban J connectivity index is 0.861. The first-order valence-corrected chi connectivity index (χ1v) is 20.3. The fourth-order valence-electron chi connectivity index (χ4n) is 9.15. The summed E-state index contributed by atoms with van der Waals surface area (Å²) < 4.78 is 11.3. The number of likely N-dealkylation sites (tertiary alicyclic amines) is 2. The van der Waals surface area contributed by atoms with Gasteiger partial charge in [0.2, 0.25) is 5.91 Å². The van der Waals surface area contributed by atoms with Gasteiger partial charge in [-0.2, -0.15) is 0 Å². The Labute approximate surface area is 326 Å². The van der Waals surface area contributed by atoms with Gasteiger partial charge in [-0.15, -0.1) is 0 Å². The summed E-state index contributed by atoms with van der Waals surface area (Å²) in [4.78, 5) is 60.1. The van der Waals surface area contributed by atoms with Gasteiger partial charge < -0.3 is 29.7 Å². The Morgan fingerprint density at radius 1 is 0.732 bits per heavy atom. The highest BCUT2D eigenvalue weighted by atomic mass is 16.5. The lowest BCUT2D eigenvalue weighted by atomic mass is 9.89. The van der Waals surface area contributed by atoms with Gasteiger partial charge >= 0.3 is 0 Å². The lowest BCUT2D eigenvalue weighted by Crippen LogP contribution is -2.51. The van der Waals surface area contributed by atoms with Crippen LogP contribution in [0, 0.1) is 5.92 Å². The van der Waals surface area contributed by atoms with E-state index in [-0.39, 0.29) is 47.7 Å². The van der Waals surface area contributed by atoms with Crippen LogP contribution in [0.5, 0.6) is 0 Å². The molecule has 4 fully saturated rings. The topological polar surface area (TPSA) is 146 Å². The molecular weight excluding hydrogens is 707 g/mol. The number of aromatic nitrogens is 4. The van der Waals surface area contributed by atoms with Crippen LogP contribution >= 0.6 is 0 Å². The maximum atomic E-state index is 13.1. The molecule has 5 aliphatic rings. The van der Waals surface area contributed by atoms with Crippen LogP contribution in [0.2, 0.25) is 0 Å². The van der Waals surface area contributed by atoms with Crippen molar-refractivity contribution in [3.05, 3.63) is 96.9 Å². The summed E-state index contributed by atoms with van der Waals surface area (Å²) >= 11 is 0. The smallest absolute Gasteiger partial charge is 0.252 e. The van der Waals surface area contributed by atoms with Gasteiger partial charge in [-0.05, 0) is 86.2 Å².